The molecule has 0 amide bonds. The molecule has 0 heterocycles. The van der Waals surface area contributed by atoms with Gasteiger partial charge in [0.05, 0.1) is 18.1 Å². The first-order valence-electron chi connectivity index (χ1n) is 7.45. The monoisotopic (exact) mass is 272 g/mol. The number of fused-ring (bicyclic) bond motifs is 1. The Hall–Kier alpha value is -1.53. The Kier molecular flexibility index (Phi) is 4.67. The molecule has 3 heteroatoms. The second-order valence-electron chi connectivity index (χ2n) is 6.27. The minimum absolute atomic E-state index is 0.171. The van der Waals surface area contributed by atoms with Crippen LogP contribution in [0.3, 0.4) is 0 Å². The molecule has 0 radical (unpaired) electrons. The van der Waals surface area contributed by atoms with Gasteiger partial charge in [0, 0.05) is 6.04 Å². The molecule has 1 aromatic rings. The Morgan fingerprint density at radius 1 is 1.40 bits per heavy atom. The van der Waals surface area contributed by atoms with Gasteiger partial charge in [-0.15, -0.1) is 0 Å². The minimum atomic E-state index is -0.221. The number of nitrogens with zero attached hydrogens (tertiary/aromatic N) is 1. The van der Waals surface area contributed by atoms with Gasteiger partial charge in [0.2, 0.25) is 0 Å². The van der Waals surface area contributed by atoms with Crippen molar-refractivity contribution in [1.82, 2.24) is 0 Å². The fourth-order valence-corrected chi connectivity index (χ4v) is 2.70. The predicted molar refractivity (Wildman–Crippen MR) is 80.4 cm³/mol. The van der Waals surface area contributed by atoms with Crippen LogP contribution >= 0.6 is 0 Å². The number of rotatable bonds is 6. The Morgan fingerprint density at radius 2 is 2.20 bits per heavy atom. The van der Waals surface area contributed by atoms with Crippen LogP contribution in [-0.2, 0) is 6.42 Å². The van der Waals surface area contributed by atoms with E-state index < -0.39 is 0 Å². The summed E-state index contributed by atoms with van der Waals surface area (Å²) in [6.07, 6.45) is 4.97. The van der Waals surface area contributed by atoms with Gasteiger partial charge in [0.15, 0.2) is 0 Å². The first-order valence-corrected chi connectivity index (χ1v) is 7.45. The lowest BCUT2D eigenvalue weighted by molar-refractivity contribution is 0.292. The standard InChI is InChI=1S/C17H24N2O/c1-17(2,12-18)10-3-4-11-20-16-7-5-6-13-14(16)8-9-15(13)19/h5-7,15H,3-4,8-11,19H2,1-2H3. The number of nitrogens with two attached hydrogens (primary N) is 1. The normalized spacial score (nSPS) is 17.6. The maximum absolute atomic E-state index is 8.97. The van der Waals surface area contributed by atoms with Crippen molar-refractivity contribution in [2.45, 2.75) is 52.0 Å². The van der Waals surface area contributed by atoms with Gasteiger partial charge in [-0.1, -0.05) is 12.1 Å². The van der Waals surface area contributed by atoms with Crippen molar-refractivity contribution in [1.29, 1.82) is 5.26 Å². The molecule has 0 saturated carbocycles. The Labute approximate surface area is 121 Å². The molecule has 1 aliphatic carbocycles. The van der Waals surface area contributed by atoms with E-state index in [1.165, 1.54) is 11.1 Å². The molecule has 0 bridgehead atoms. The third-order valence-corrected chi connectivity index (χ3v) is 4.03. The van der Waals surface area contributed by atoms with E-state index in [9.17, 15) is 0 Å². The number of hydrogen-bond donors (Lipinski definition) is 1. The van der Waals surface area contributed by atoms with Gasteiger partial charge in [-0.25, -0.2) is 0 Å². The summed E-state index contributed by atoms with van der Waals surface area (Å²) >= 11 is 0. The molecule has 0 fully saturated rings. The van der Waals surface area contributed by atoms with E-state index >= 15 is 0 Å². The van der Waals surface area contributed by atoms with Crippen molar-refractivity contribution in [3.63, 3.8) is 0 Å². The topological polar surface area (TPSA) is 59.0 Å². The fourth-order valence-electron chi connectivity index (χ4n) is 2.70. The summed E-state index contributed by atoms with van der Waals surface area (Å²) in [5.41, 5.74) is 8.38. The van der Waals surface area contributed by atoms with E-state index in [1.807, 2.05) is 26.0 Å². The van der Waals surface area contributed by atoms with E-state index in [1.54, 1.807) is 0 Å². The van der Waals surface area contributed by atoms with Crippen molar-refractivity contribution in [3.8, 4) is 11.8 Å². The van der Waals surface area contributed by atoms with Crippen LogP contribution in [0.5, 0.6) is 5.75 Å². The summed E-state index contributed by atoms with van der Waals surface area (Å²) in [6, 6.07) is 8.68. The quantitative estimate of drug-likeness (QED) is 0.803. The maximum atomic E-state index is 8.97. The Balaban J connectivity index is 1.80. The highest BCUT2D eigenvalue weighted by molar-refractivity contribution is 5.44. The van der Waals surface area contributed by atoms with Gasteiger partial charge < -0.3 is 10.5 Å². The van der Waals surface area contributed by atoms with Gasteiger partial charge in [-0.2, -0.15) is 5.26 Å². The molecule has 20 heavy (non-hydrogen) atoms. The van der Waals surface area contributed by atoms with Crippen LogP contribution in [0.4, 0.5) is 0 Å². The number of unbranched alkanes of at least 4 members (excludes halogenated alkanes) is 1. The van der Waals surface area contributed by atoms with Crippen LogP contribution in [0.2, 0.25) is 0 Å². The summed E-state index contributed by atoms with van der Waals surface area (Å²) in [4.78, 5) is 0. The van der Waals surface area contributed by atoms with Crippen LogP contribution in [0.15, 0.2) is 18.2 Å². The number of nitriles is 1. The second-order valence-corrected chi connectivity index (χ2v) is 6.27. The van der Waals surface area contributed by atoms with Gasteiger partial charge in [0.1, 0.15) is 5.75 Å². The molecular weight excluding hydrogens is 248 g/mol. The molecular formula is C17H24N2O. The van der Waals surface area contributed by atoms with Crippen molar-refractivity contribution in [2.24, 2.45) is 11.1 Å². The summed E-state index contributed by atoms with van der Waals surface area (Å²) in [6.45, 7) is 4.69. The van der Waals surface area contributed by atoms with Gasteiger partial charge in [-0.3, -0.25) is 0 Å². The summed E-state index contributed by atoms with van der Waals surface area (Å²) < 4.78 is 5.91. The van der Waals surface area contributed by atoms with Crippen LogP contribution in [0.1, 0.15) is 56.7 Å². The van der Waals surface area contributed by atoms with Crippen molar-refractivity contribution >= 4 is 0 Å². The zero-order valence-corrected chi connectivity index (χ0v) is 12.5. The van der Waals surface area contributed by atoms with Crippen molar-refractivity contribution in [2.75, 3.05) is 6.61 Å². The molecule has 1 aromatic carbocycles. The fraction of sp³-hybridized carbons (Fsp3) is 0.588. The summed E-state index contributed by atoms with van der Waals surface area (Å²) in [5.74, 6) is 0.995. The van der Waals surface area contributed by atoms with E-state index in [2.05, 4.69) is 12.1 Å². The lowest BCUT2D eigenvalue weighted by atomic mass is 9.89. The number of benzene rings is 1. The predicted octanol–water partition coefficient (Wildman–Crippen LogP) is 3.73. The van der Waals surface area contributed by atoms with Crippen molar-refractivity contribution < 1.29 is 4.74 Å². The Morgan fingerprint density at radius 3 is 2.95 bits per heavy atom. The third-order valence-electron chi connectivity index (χ3n) is 4.03. The largest absolute Gasteiger partial charge is 0.493 e. The highest BCUT2D eigenvalue weighted by Crippen LogP contribution is 2.35. The van der Waals surface area contributed by atoms with Gasteiger partial charge >= 0.3 is 0 Å². The molecule has 0 aliphatic heterocycles. The Bertz CT molecular complexity index is 502. The minimum Gasteiger partial charge on any atom is -0.493 e. The highest BCUT2D eigenvalue weighted by atomic mass is 16.5. The zero-order chi connectivity index (χ0) is 14.6. The first-order chi connectivity index (χ1) is 9.53. The molecule has 108 valence electrons. The third kappa shape index (κ3) is 3.52. The molecule has 2 N–H and O–H groups in total. The average molecular weight is 272 g/mol. The van der Waals surface area contributed by atoms with Crippen LogP contribution in [0, 0.1) is 16.7 Å². The second kappa shape index (κ2) is 6.28. The average Bonchev–Trinajstić information content (AvgIpc) is 2.81. The summed E-state index contributed by atoms with van der Waals surface area (Å²) in [5, 5.41) is 8.97. The molecule has 1 unspecified atom stereocenters. The van der Waals surface area contributed by atoms with Crippen LogP contribution in [0.25, 0.3) is 0 Å². The molecule has 0 aromatic heterocycles. The molecule has 0 saturated heterocycles. The van der Waals surface area contributed by atoms with E-state index in [0.29, 0.717) is 6.61 Å². The van der Waals surface area contributed by atoms with E-state index in [4.69, 9.17) is 15.7 Å². The zero-order valence-electron chi connectivity index (χ0n) is 12.5. The lowest BCUT2D eigenvalue weighted by Gasteiger charge is -2.15. The first kappa shape index (κ1) is 14.9. The van der Waals surface area contributed by atoms with Gasteiger partial charge in [0.25, 0.3) is 0 Å². The van der Waals surface area contributed by atoms with Crippen molar-refractivity contribution in [3.05, 3.63) is 29.3 Å². The van der Waals surface area contributed by atoms with Gasteiger partial charge in [-0.05, 0) is 63.1 Å². The van der Waals surface area contributed by atoms with Crippen LogP contribution < -0.4 is 10.5 Å². The number of hydrogen-bond acceptors (Lipinski definition) is 3. The molecule has 3 nitrogen and oxygen atoms in total. The van der Waals surface area contributed by atoms with E-state index in [0.717, 1.165) is 37.9 Å². The SMILES string of the molecule is CC(C)(C#N)CCCCOc1cccc2c1CCC2N. The maximum Gasteiger partial charge on any atom is 0.122 e. The summed E-state index contributed by atoms with van der Waals surface area (Å²) in [7, 11) is 0. The van der Waals surface area contributed by atoms with E-state index in [-0.39, 0.29) is 11.5 Å². The number of ether oxygens (including phenoxy) is 1. The molecule has 2 rings (SSSR count). The van der Waals surface area contributed by atoms with Crippen LogP contribution in [-0.4, -0.2) is 6.61 Å². The highest BCUT2D eigenvalue weighted by Gasteiger charge is 2.22. The molecule has 0 spiro atoms. The lowest BCUT2D eigenvalue weighted by Crippen LogP contribution is -2.08. The molecule has 1 atom stereocenters. The molecule has 1 aliphatic rings. The smallest absolute Gasteiger partial charge is 0.122 e.